The van der Waals surface area contributed by atoms with Gasteiger partial charge in [0.1, 0.15) is 12.9 Å². The second-order valence-corrected chi connectivity index (χ2v) is 8.80. The number of aliphatic hydroxyl groups excluding tert-OH is 1. The number of nitrogens with zero attached hydrogens (tertiary/aromatic N) is 6. The Bertz CT molecular complexity index is 1060. The van der Waals surface area contributed by atoms with Gasteiger partial charge in [0.05, 0.1) is 28.5 Å². The number of β-amino-alcohol motifs (C(OH)–C–C–N with tert-alkyl or cyclic N) is 1. The monoisotopic (exact) mass is 438 g/mol. The van der Waals surface area contributed by atoms with Crippen LogP contribution >= 0.6 is 0 Å². The molecule has 1 atom stereocenters. The number of hydrogen-bond acceptors (Lipinski definition) is 8. The van der Waals surface area contributed by atoms with Crippen molar-refractivity contribution in [2.45, 2.75) is 32.3 Å². The van der Waals surface area contributed by atoms with Crippen LogP contribution in [0.5, 0.6) is 0 Å². The van der Waals surface area contributed by atoms with Crippen LogP contribution in [0.25, 0.3) is 5.69 Å². The summed E-state index contributed by atoms with van der Waals surface area (Å²) in [6.07, 6.45) is 3.16. The second-order valence-electron chi connectivity index (χ2n) is 8.80. The molecule has 2 fully saturated rings. The maximum atomic E-state index is 13.3. The predicted molar refractivity (Wildman–Crippen MR) is 112 cm³/mol. The van der Waals surface area contributed by atoms with Gasteiger partial charge < -0.3 is 19.6 Å². The van der Waals surface area contributed by atoms with Crippen LogP contribution in [-0.2, 0) is 14.3 Å². The molecule has 3 aliphatic rings. The Kier molecular flexibility index (Phi) is 5.26. The molecule has 10 heteroatoms. The molecule has 3 aliphatic heterocycles. The smallest absolute Gasteiger partial charge is 0.336 e. The number of ether oxygens (including phenoxy) is 1. The number of rotatable bonds is 5. The van der Waals surface area contributed by atoms with Crippen LogP contribution in [0, 0.1) is 5.41 Å². The number of carbonyl (C=O) groups excluding carboxylic acids is 2. The number of benzene rings is 1. The lowest BCUT2D eigenvalue weighted by molar-refractivity contribution is -0.138. The highest BCUT2D eigenvalue weighted by molar-refractivity contribution is 5.94. The summed E-state index contributed by atoms with van der Waals surface area (Å²) in [7, 11) is 0. The van der Waals surface area contributed by atoms with E-state index >= 15 is 0 Å². The molecule has 2 aromatic rings. The first-order valence-corrected chi connectivity index (χ1v) is 10.9. The normalized spacial score (nSPS) is 22.1. The Labute approximate surface area is 185 Å². The third-order valence-corrected chi connectivity index (χ3v) is 7.03. The number of likely N-dealkylation sites (tertiary alicyclic amines) is 2. The van der Waals surface area contributed by atoms with E-state index in [9.17, 15) is 14.7 Å². The lowest BCUT2D eigenvalue weighted by atomic mass is 9.77. The van der Waals surface area contributed by atoms with Gasteiger partial charge in [0, 0.05) is 13.1 Å². The highest BCUT2D eigenvalue weighted by atomic mass is 16.5. The van der Waals surface area contributed by atoms with Crippen molar-refractivity contribution in [2.75, 3.05) is 32.8 Å². The molecule has 0 unspecified atom stereocenters. The van der Waals surface area contributed by atoms with Crippen LogP contribution in [0.4, 0.5) is 0 Å². The molecule has 1 aromatic heterocycles. The van der Waals surface area contributed by atoms with Gasteiger partial charge in [0.2, 0.25) is 5.91 Å². The van der Waals surface area contributed by atoms with E-state index in [-0.39, 0.29) is 23.9 Å². The number of piperidine rings is 1. The lowest BCUT2D eigenvalue weighted by Crippen LogP contribution is -2.45. The van der Waals surface area contributed by atoms with Crippen molar-refractivity contribution in [3.63, 3.8) is 0 Å². The molecular weight excluding hydrogens is 412 g/mol. The van der Waals surface area contributed by atoms with E-state index < -0.39 is 6.10 Å². The molecule has 1 amide bonds. The Balaban J connectivity index is 1.21. The molecule has 168 valence electrons. The van der Waals surface area contributed by atoms with Crippen LogP contribution in [0.1, 0.15) is 37.9 Å². The van der Waals surface area contributed by atoms with Gasteiger partial charge in [0.15, 0.2) is 0 Å². The molecule has 2 saturated heterocycles. The number of esters is 1. The van der Waals surface area contributed by atoms with Gasteiger partial charge in [-0.3, -0.25) is 4.79 Å². The van der Waals surface area contributed by atoms with Gasteiger partial charge in [-0.15, -0.1) is 5.10 Å². The van der Waals surface area contributed by atoms with Gasteiger partial charge in [-0.1, -0.05) is 12.1 Å². The zero-order valence-corrected chi connectivity index (χ0v) is 18.0. The molecule has 1 aromatic carbocycles. The highest BCUT2D eigenvalue weighted by Gasteiger charge is 2.50. The quantitative estimate of drug-likeness (QED) is 0.684. The van der Waals surface area contributed by atoms with E-state index in [2.05, 4.69) is 20.4 Å². The SMILES string of the molecule is CC1=C(N2CCC3(CCN(C[C@H](O)c4cccc(-n5cnnn5)c4)CC3)C2=O)COC1=O. The maximum Gasteiger partial charge on any atom is 0.336 e. The van der Waals surface area contributed by atoms with Crippen molar-refractivity contribution < 1.29 is 19.4 Å². The molecule has 4 heterocycles. The van der Waals surface area contributed by atoms with Crippen LogP contribution in [0.3, 0.4) is 0 Å². The summed E-state index contributed by atoms with van der Waals surface area (Å²) in [6, 6.07) is 7.53. The summed E-state index contributed by atoms with van der Waals surface area (Å²) >= 11 is 0. The van der Waals surface area contributed by atoms with E-state index in [1.54, 1.807) is 16.5 Å². The highest BCUT2D eigenvalue weighted by Crippen LogP contribution is 2.43. The van der Waals surface area contributed by atoms with E-state index in [1.165, 1.54) is 6.33 Å². The average molecular weight is 438 g/mol. The average Bonchev–Trinajstić information content (AvgIpc) is 3.53. The molecule has 0 radical (unpaired) electrons. The molecule has 1 N–H and O–H groups in total. The Morgan fingerprint density at radius 3 is 2.66 bits per heavy atom. The van der Waals surface area contributed by atoms with E-state index in [1.807, 2.05) is 24.3 Å². The summed E-state index contributed by atoms with van der Waals surface area (Å²) < 4.78 is 6.65. The van der Waals surface area contributed by atoms with Crippen molar-refractivity contribution in [3.8, 4) is 5.69 Å². The van der Waals surface area contributed by atoms with E-state index in [0.29, 0.717) is 18.7 Å². The van der Waals surface area contributed by atoms with Crippen molar-refractivity contribution in [1.82, 2.24) is 30.0 Å². The minimum atomic E-state index is -0.647. The van der Waals surface area contributed by atoms with Crippen molar-refractivity contribution in [3.05, 3.63) is 47.4 Å². The van der Waals surface area contributed by atoms with Gasteiger partial charge in [-0.05, 0) is 67.4 Å². The number of amides is 1. The molecule has 5 rings (SSSR count). The minimum absolute atomic E-state index is 0.111. The van der Waals surface area contributed by atoms with Crippen LogP contribution in [-0.4, -0.2) is 79.8 Å². The molecule has 32 heavy (non-hydrogen) atoms. The van der Waals surface area contributed by atoms with E-state index in [0.717, 1.165) is 49.3 Å². The first-order valence-electron chi connectivity index (χ1n) is 10.9. The van der Waals surface area contributed by atoms with Crippen molar-refractivity contribution in [1.29, 1.82) is 0 Å². The lowest BCUT2D eigenvalue weighted by Gasteiger charge is -2.38. The zero-order valence-electron chi connectivity index (χ0n) is 18.0. The molecule has 1 spiro atoms. The number of tetrazole rings is 1. The van der Waals surface area contributed by atoms with Gasteiger partial charge in [0.25, 0.3) is 0 Å². The summed E-state index contributed by atoms with van der Waals surface area (Å²) in [5.74, 6) is -0.221. The summed E-state index contributed by atoms with van der Waals surface area (Å²) in [5.41, 5.74) is 2.48. The fourth-order valence-corrected chi connectivity index (χ4v) is 4.96. The summed E-state index contributed by atoms with van der Waals surface area (Å²) in [4.78, 5) is 28.9. The van der Waals surface area contributed by atoms with Gasteiger partial charge in [-0.2, -0.15) is 0 Å². The van der Waals surface area contributed by atoms with Crippen LogP contribution in [0.15, 0.2) is 41.9 Å². The predicted octanol–water partition coefficient (Wildman–Crippen LogP) is 0.841. The number of aliphatic hydroxyl groups is 1. The fraction of sp³-hybridized carbons (Fsp3) is 0.500. The van der Waals surface area contributed by atoms with Crippen LogP contribution < -0.4 is 0 Å². The summed E-state index contributed by atoms with van der Waals surface area (Å²) in [6.45, 7) is 4.54. The van der Waals surface area contributed by atoms with Gasteiger partial charge >= 0.3 is 5.97 Å². The van der Waals surface area contributed by atoms with Gasteiger partial charge in [-0.25, -0.2) is 9.48 Å². The maximum absolute atomic E-state index is 13.3. The number of aromatic nitrogens is 4. The number of cyclic esters (lactones) is 1. The van der Waals surface area contributed by atoms with Crippen molar-refractivity contribution >= 4 is 11.9 Å². The summed E-state index contributed by atoms with van der Waals surface area (Å²) in [5, 5.41) is 22.0. The third kappa shape index (κ3) is 3.59. The topological polar surface area (TPSA) is 114 Å². The molecule has 0 bridgehead atoms. The molecule has 0 aliphatic carbocycles. The number of hydrogen-bond donors (Lipinski definition) is 1. The Morgan fingerprint density at radius 2 is 1.97 bits per heavy atom. The molecule has 10 nitrogen and oxygen atoms in total. The minimum Gasteiger partial charge on any atom is -0.456 e. The van der Waals surface area contributed by atoms with E-state index in [4.69, 9.17) is 4.74 Å². The fourth-order valence-electron chi connectivity index (χ4n) is 4.96. The molecule has 0 saturated carbocycles. The first kappa shape index (κ1) is 20.8. The standard InChI is InChI=1S/C22H26N6O4/c1-15-18(13-32-20(15)30)27-10-7-22(21(27)31)5-8-26(9-6-22)12-19(29)16-3-2-4-17(11-16)28-14-23-24-25-28/h2-4,11,14,19,29H,5-10,12-13H2,1H3/t19-/m0/s1. The zero-order chi connectivity index (χ0) is 22.3. The largest absolute Gasteiger partial charge is 0.456 e. The first-order chi connectivity index (χ1) is 15.5. The Morgan fingerprint density at radius 1 is 1.19 bits per heavy atom. The molecular formula is C22H26N6O4. The second kappa shape index (κ2) is 8.10. The van der Waals surface area contributed by atoms with Crippen LogP contribution in [0.2, 0.25) is 0 Å². The van der Waals surface area contributed by atoms with Crippen molar-refractivity contribution in [2.24, 2.45) is 5.41 Å². The number of carbonyl (C=O) groups is 2. The Hall–Kier alpha value is -3.11. The third-order valence-electron chi connectivity index (χ3n) is 7.03.